The van der Waals surface area contributed by atoms with Gasteiger partial charge in [0.05, 0.1) is 12.2 Å². The number of hydrogen-bond acceptors (Lipinski definition) is 3. The number of aliphatic hydroxyl groups excluding tert-OH is 2. The summed E-state index contributed by atoms with van der Waals surface area (Å²) in [5.74, 6) is -1.52. The number of allylic oxidation sites excluding steroid dienone is 2. The van der Waals surface area contributed by atoms with E-state index in [-0.39, 0.29) is 12.3 Å². The molecule has 0 aliphatic heterocycles. The van der Waals surface area contributed by atoms with Crippen LogP contribution < -0.4 is 0 Å². The molecule has 154 valence electrons. The van der Waals surface area contributed by atoms with Crippen LogP contribution >= 0.6 is 0 Å². The molecule has 1 aliphatic rings. The number of rotatable bonds is 12. The molecule has 1 aliphatic carbocycles. The number of carbonyl (C=O) groups is 1. The summed E-state index contributed by atoms with van der Waals surface area (Å²) in [5.41, 5.74) is -1.16. The molecule has 0 unspecified atom stereocenters. The normalized spacial score (nSPS) is 31.9. The maximum Gasteiger partial charge on any atom is 0.303 e. The highest BCUT2D eigenvalue weighted by molar-refractivity contribution is 5.66. The van der Waals surface area contributed by atoms with E-state index in [2.05, 4.69) is 6.58 Å². The number of aliphatic carboxylic acids is 1. The maximum absolute atomic E-state index is 10.8. The van der Waals surface area contributed by atoms with Gasteiger partial charge in [-0.05, 0) is 43.4 Å². The van der Waals surface area contributed by atoms with E-state index in [1.807, 2.05) is 12.2 Å². The van der Waals surface area contributed by atoms with Crippen molar-refractivity contribution in [3.05, 3.63) is 36.5 Å². The van der Waals surface area contributed by atoms with Crippen molar-refractivity contribution in [3.8, 4) is 0 Å². The van der Waals surface area contributed by atoms with Gasteiger partial charge in [-0.1, -0.05) is 69.9 Å². The number of aliphatic hydroxyl groups is 2. The molecule has 0 radical (unpaired) electrons. The van der Waals surface area contributed by atoms with Crippen LogP contribution in [-0.4, -0.2) is 33.5 Å². The monoisotopic (exact) mass is 387 g/mol. The van der Waals surface area contributed by atoms with E-state index in [0.29, 0.717) is 25.7 Å². The van der Waals surface area contributed by atoms with Gasteiger partial charge in [-0.15, -0.1) is 0 Å². The molecule has 0 bridgehead atoms. The number of carboxylic acid groups (broad SMARTS) is 1. The Bertz CT molecular complexity index is 847. The van der Waals surface area contributed by atoms with Crippen LogP contribution in [0.3, 0.4) is 0 Å². The quantitative estimate of drug-likeness (QED) is 0.330. The summed E-state index contributed by atoms with van der Waals surface area (Å²) >= 11 is 0. The van der Waals surface area contributed by atoms with Gasteiger partial charge in [0.25, 0.3) is 0 Å². The van der Waals surface area contributed by atoms with Crippen LogP contribution in [0, 0.1) is 17.3 Å². The Balaban J connectivity index is 3.08. The van der Waals surface area contributed by atoms with Gasteiger partial charge < -0.3 is 15.3 Å². The lowest BCUT2D eigenvalue weighted by Crippen LogP contribution is -2.28. The van der Waals surface area contributed by atoms with Gasteiger partial charge in [-0.2, -0.15) is 0 Å². The first kappa shape index (κ1) is 12.9. The molecule has 0 aromatic rings. The summed E-state index contributed by atoms with van der Waals surface area (Å²) in [6.45, 7) is 2.94. The Morgan fingerprint density at radius 1 is 1.48 bits per heavy atom. The maximum atomic E-state index is 10.8. The molecule has 1 fully saturated rings. The summed E-state index contributed by atoms with van der Waals surface area (Å²) in [5, 5.41) is 30.0. The topological polar surface area (TPSA) is 77.8 Å². The lowest BCUT2D eigenvalue weighted by Gasteiger charge is -2.29. The van der Waals surface area contributed by atoms with Crippen LogP contribution in [0.5, 0.6) is 0 Å². The summed E-state index contributed by atoms with van der Waals surface area (Å²) in [6.07, 6.45) is -4.10. The molecule has 27 heavy (non-hydrogen) atoms. The first-order valence-electron chi connectivity index (χ1n) is 13.7. The largest absolute Gasteiger partial charge is 0.481 e. The molecule has 3 N–H and O–H groups in total. The van der Waals surface area contributed by atoms with Crippen molar-refractivity contribution in [1.82, 2.24) is 0 Å². The van der Waals surface area contributed by atoms with Crippen molar-refractivity contribution >= 4 is 5.97 Å². The summed E-state index contributed by atoms with van der Waals surface area (Å²) < 4.78 is 70.6. The van der Waals surface area contributed by atoms with E-state index in [1.54, 1.807) is 0 Å². The Morgan fingerprint density at radius 3 is 2.89 bits per heavy atom. The molecule has 0 amide bonds. The van der Waals surface area contributed by atoms with Crippen molar-refractivity contribution in [1.29, 1.82) is 0 Å². The minimum Gasteiger partial charge on any atom is -0.481 e. The third-order valence-electron chi connectivity index (χ3n) is 4.92. The lowest BCUT2D eigenvalue weighted by atomic mass is 9.80. The van der Waals surface area contributed by atoms with Gasteiger partial charge in [-0.3, -0.25) is 4.79 Å². The first-order valence-corrected chi connectivity index (χ1v) is 9.22. The van der Waals surface area contributed by atoms with Gasteiger partial charge in [-0.25, -0.2) is 0 Å². The van der Waals surface area contributed by atoms with E-state index >= 15 is 0 Å². The van der Waals surface area contributed by atoms with Crippen molar-refractivity contribution < 1.29 is 32.5 Å². The number of hydrogen-bond donors (Lipinski definition) is 3. The van der Waals surface area contributed by atoms with Crippen molar-refractivity contribution in [2.45, 2.75) is 84.1 Å². The van der Waals surface area contributed by atoms with E-state index < -0.39 is 55.5 Å². The molecule has 0 heterocycles. The highest BCUT2D eigenvalue weighted by Gasteiger charge is 2.35. The van der Waals surface area contributed by atoms with E-state index in [1.165, 1.54) is 26.0 Å². The minimum absolute atomic E-state index is 0.0670. The minimum atomic E-state index is -3.54. The molecule has 4 nitrogen and oxygen atoms in total. The smallest absolute Gasteiger partial charge is 0.303 e. The predicted octanol–water partition coefficient (Wildman–Crippen LogP) is 4.87. The molecule has 0 aromatic carbocycles. The van der Waals surface area contributed by atoms with Gasteiger partial charge in [0, 0.05) is 24.7 Å². The van der Waals surface area contributed by atoms with Crippen LogP contribution in [0.4, 0.5) is 0 Å². The van der Waals surface area contributed by atoms with E-state index in [9.17, 15) is 15.0 Å². The summed E-state index contributed by atoms with van der Waals surface area (Å²) in [4.78, 5) is 10.6. The van der Waals surface area contributed by atoms with E-state index in [0.717, 1.165) is 5.57 Å². The van der Waals surface area contributed by atoms with Crippen molar-refractivity contribution in [2.75, 3.05) is 0 Å². The fourth-order valence-electron chi connectivity index (χ4n) is 3.15. The SMILES string of the molecule is [2H]C([2H])([2H])C([2H])([2H])C([2H])([2H])C([2H])([2H])C(C)(C)[C@H](O)/C=C/[C@H]1[C@H](O)CC(=C)[C@@H]1C/C=C\CCCC(=O)O. The second-order valence-corrected chi connectivity index (χ2v) is 7.53. The highest BCUT2D eigenvalue weighted by atomic mass is 16.4. The molecule has 0 saturated heterocycles. The number of carboxylic acids is 1. The van der Waals surface area contributed by atoms with Gasteiger partial charge in [0.2, 0.25) is 0 Å². The van der Waals surface area contributed by atoms with Crippen LogP contribution in [0.2, 0.25) is 0 Å². The molecule has 1 saturated carbocycles. The Hall–Kier alpha value is -1.39. The van der Waals surface area contributed by atoms with Crippen molar-refractivity contribution in [3.63, 3.8) is 0 Å². The van der Waals surface area contributed by atoms with Crippen LogP contribution in [0.15, 0.2) is 36.5 Å². The molecule has 0 aromatic heterocycles. The molecule has 1 rings (SSSR count). The molecular formula is C23H38O4. The Morgan fingerprint density at radius 2 is 2.22 bits per heavy atom. The standard InChI is InChI=1S/C23H38O4/c1-5-6-15-23(3,4)21(25)14-13-19-18(17(2)16-20(19)24)11-9-7-8-10-12-22(26)27/h7,9,13-14,18-21,24-25H,2,5-6,8,10-12,15-16H2,1,3-4H3,(H,26,27)/b9-7-,14-13+/t18-,19+,20+,21+/m0/s1/i1D3,5D2,6D2,15D2. The van der Waals surface area contributed by atoms with Crippen LogP contribution in [0.25, 0.3) is 0 Å². The van der Waals surface area contributed by atoms with Crippen LogP contribution in [-0.2, 0) is 4.79 Å². The molecule has 4 atom stereocenters. The van der Waals surface area contributed by atoms with Crippen LogP contribution in [0.1, 0.15) is 84.3 Å². The number of unbranched alkanes of at least 4 members (excludes halogenated alkanes) is 1. The second kappa shape index (κ2) is 11.5. The molecular weight excluding hydrogens is 340 g/mol. The van der Waals surface area contributed by atoms with E-state index in [4.69, 9.17) is 17.4 Å². The average Bonchev–Trinajstić information content (AvgIpc) is 2.99. The fourth-order valence-corrected chi connectivity index (χ4v) is 3.15. The molecule has 4 heteroatoms. The van der Waals surface area contributed by atoms with Gasteiger partial charge in [0.15, 0.2) is 0 Å². The first-order chi connectivity index (χ1) is 16.1. The molecule has 0 spiro atoms. The third-order valence-corrected chi connectivity index (χ3v) is 4.92. The van der Waals surface area contributed by atoms with Gasteiger partial charge in [0.1, 0.15) is 0 Å². The second-order valence-electron chi connectivity index (χ2n) is 7.53. The average molecular weight is 388 g/mol. The zero-order chi connectivity index (χ0) is 28.3. The summed E-state index contributed by atoms with van der Waals surface area (Å²) in [7, 11) is 0. The highest BCUT2D eigenvalue weighted by Crippen LogP contribution is 2.40. The zero-order valence-electron chi connectivity index (χ0n) is 25.1. The zero-order valence-corrected chi connectivity index (χ0v) is 16.1. The van der Waals surface area contributed by atoms with Gasteiger partial charge >= 0.3 is 5.97 Å². The summed E-state index contributed by atoms with van der Waals surface area (Å²) in [6, 6.07) is 0. The van der Waals surface area contributed by atoms with Crippen molar-refractivity contribution in [2.24, 2.45) is 17.3 Å². The third kappa shape index (κ3) is 8.02. The Labute approximate surface area is 177 Å². The Kier molecular flexibility index (Phi) is 5.49. The lowest BCUT2D eigenvalue weighted by molar-refractivity contribution is -0.137. The predicted molar refractivity (Wildman–Crippen MR) is 110 cm³/mol. The fraction of sp³-hybridized carbons (Fsp3) is 0.696.